The molecule has 4 unspecified atom stereocenters. The second-order valence-corrected chi connectivity index (χ2v) is 10.3. The van der Waals surface area contributed by atoms with Gasteiger partial charge in [0, 0.05) is 8.06 Å². The Morgan fingerprint density at radius 2 is 1.50 bits per heavy atom. The Morgan fingerprint density at radius 3 is 2.21 bits per heavy atom. The Bertz CT molecular complexity index is 817. The van der Waals surface area contributed by atoms with Gasteiger partial charge in [-0.05, 0) is 93.2 Å². The molecule has 1 spiro atoms. The molecule has 2 saturated carbocycles. The number of hydrogen-bond donors (Lipinski definition) is 0. The van der Waals surface area contributed by atoms with Gasteiger partial charge in [0.25, 0.3) is 0 Å². The minimum Gasteiger partial charge on any atom is -0.0792 e. The highest BCUT2D eigenvalue weighted by molar-refractivity contribution is 14.1. The molecule has 0 aliphatic heterocycles. The zero-order chi connectivity index (χ0) is 16.1. The van der Waals surface area contributed by atoms with Gasteiger partial charge in [-0.25, -0.2) is 0 Å². The van der Waals surface area contributed by atoms with Crippen LogP contribution >= 0.6 is 38.5 Å². The summed E-state index contributed by atoms with van der Waals surface area (Å²) in [4.78, 5) is 0. The molecule has 6 aliphatic carbocycles. The van der Waals surface area contributed by atoms with E-state index in [0.29, 0.717) is 29.1 Å². The molecule has 0 aromatic carbocycles. The lowest BCUT2D eigenvalue weighted by atomic mass is 9.67. The fourth-order valence-corrected chi connectivity index (χ4v) is 7.37. The smallest absolute Gasteiger partial charge is 0.0135 e. The molecule has 0 saturated heterocycles. The second kappa shape index (κ2) is 4.76. The van der Waals surface area contributed by atoms with Crippen LogP contribution in [0.2, 0.25) is 0 Å². The van der Waals surface area contributed by atoms with Crippen LogP contribution in [0.3, 0.4) is 0 Å². The lowest BCUT2D eigenvalue weighted by Gasteiger charge is -2.36. The Hall–Kier alpha value is -0.610. The van der Waals surface area contributed by atoms with E-state index in [-0.39, 0.29) is 0 Å². The standard InChI is InChI=1S/C22H18BrI/c23-14-3-5-16-17-6-4-15(24)9-21(17)22(20(16)8-14)10-18-12-1-2-13(7-12)19(18)11-22/h1-6,8-9,16-17,20-21H,7,10-11H2. The highest BCUT2D eigenvalue weighted by Crippen LogP contribution is 2.69. The van der Waals surface area contributed by atoms with Gasteiger partial charge < -0.3 is 0 Å². The van der Waals surface area contributed by atoms with Gasteiger partial charge in [-0.2, -0.15) is 0 Å². The molecule has 0 heterocycles. The van der Waals surface area contributed by atoms with Gasteiger partial charge in [-0.15, -0.1) is 0 Å². The first kappa shape index (κ1) is 14.5. The van der Waals surface area contributed by atoms with E-state index < -0.39 is 0 Å². The SMILES string of the molecule is BrC1=CC2C(C=C1)C1C=CC(I)=CC1C21CC2=C3C=CC(=C2C1)C3. The summed E-state index contributed by atoms with van der Waals surface area (Å²) in [5.74, 6) is 2.66. The fourth-order valence-electron chi connectivity index (χ4n) is 6.34. The topological polar surface area (TPSA) is 0 Å². The number of rotatable bonds is 0. The average molecular weight is 489 g/mol. The van der Waals surface area contributed by atoms with Crippen molar-refractivity contribution in [3.05, 3.63) is 79.0 Å². The van der Waals surface area contributed by atoms with Crippen LogP contribution in [0.15, 0.2) is 79.0 Å². The predicted molar refractivity (Wildman–Crippen MR) is 111 cm³/mol. The van der Waals surface area contributed by atoms with Crippen LogP contribution in [0.25, 0.3) is 0 Å². The van der Waals surface area contributed by atoms with E-state index in [1.165, 1.54) is 27.3 Å². The second-order valence-electron chi connectivity index (χ2n) is 8.13. The highest BCUT2D eigenvalue weighted by atomic mass is 127. The summed E-state index contributed by atoms with van der Waals surface area (Å²) in [6.45, 7) is 0. The normalized spacial score (nSPS) is 39.6. The van der Waals surface area contributed by atoms with Crippen LogP contribution in [0.5, 0.6) is 0 Å². The molecule has 4 atom stereocenters. The summed E-state index contributed by atoms with van der Waals surface area (Å²) in [7, 11) is 0. The van der Waals surface area contributed by atoms with Crippen molar-refractivity contribution in [2.45, 2.75) is 19.3 Å². The maximum Gasteiger partial charge on any atom is 0.0135 e. The minimum atomic E-state index is 0.383. The largest absolute Gasteiger partial charge is 0.0792 e. The quantitative estimate of drug-likeness (QED) is 0.339. The zero-order valence-corrected chi connectivity index (χ0v) is 17.0. The van der Waals surface area contributed by atoms with Gasteiger partial charge in [0.05, 0.1) is 0 Å². The minimum absolute atomic E-state index is 0.383. The fraction of sp³-hybridized carbons (Fsp3) is 0.364. The summed E-state index contributed by atoms with van der Waals surface area (Å²) in [6, 6.07) is 0. The third-order valence-corrected chi connectivity index (χ3v) is 8.50. The first-order valence-electron chi connectivity index (χ1n) is 8.89. The van der Waals surface area contributed by atoms with Gasteiger partial charge in [-0.3, -0.25) is 0 Å². The summed E-state index contributed by atoms with van der Waals surface area (Å²) < 4.78 is 2.70. The van der Waals surface area contributed by atoms with E-state index in [4.69, 9.17) is 0 Å². The summed E-state index contributed by atoms with van der Waals surface area (Å²) in [5, 5.41) is 0. The lowest BCUT2D eigenvalue weighted by Crippen LogP contribution is -2.30. The van der Waals surface area contributed by atoms with Gasteiger partial charge in [0.15, 0.2) is 0 Å². The first-order chi connectivity index (χ1) is 11.7. The van der Waals surface area contributed by atoms with Gasteiger partial charge in [-0.1, -0.05) is 64.5 Å². The first-order valence-corrected chi connectivity index (χ1v) is 10.8. The van der Waals surface area contributed by atoms with Gasteiger partial charge >= 0.3 is 0 Å². The third kappa shape index (κ3) is 1.70. The number of fused-ring (bicyclic) bond motifs is 8. The number of halogens is 2. The average Bonchev–Trinajstić information content (AvgIpc) is 3.30. The van der Waals surface area contributed by atoms with E-state index in [9.17, 15) is 0 Å². The molecule has 0 aromatic rings. The van der Waals surface area contributed by atoms with Gasteiger partial charge in [0.2, 0.25) is 0 Å². The van der Waals surface area contributed by atoms with Crippen LogP contribution in [0.1, 0.15) is 19.3 Å². The number of allylic oxidation sites excluding steroid dienone is 14. The van der Waals surface area contributed by atoms with Crippen LogP contribution in [-0.4, -0.2) is 0 Å². The van der Waals surface area contributed by atoms with Crippen molar-refractivity contribution < 1.29 is 0 Å². The van der Waals surface area contributed by atoms with E-state index >= 15 is 0 Å². The van der Waals surface area contributed by atoms with Crippen LogP contribution in [0, 0.1) is 29.1 Å². The Labute approximate surface area is 165 Å². The van der Waals surface area contributed by atoms with Crippen molar-refractivity contribution in [3.8, 4) is 0 Å². The highest BCUT2D eigenvalue weighted by Gasteiger charge is 2.61. The van der Waals surface area contributed by atoms with Crippen molar-refractivity contribution in [1.82, 2.24) is 0 Å². The maximum atomic E-state index is 3.77. The Balaban J connectivity index is 1.54. The summed E-state index contributed by atoms with van der Waals surface area (Å²) >= 11 is 6.28. The maximum absolute atomic E-state index is 3.77. The van der Waals surface area contributed by atoms with Crippen LogP contribution in [-0.2, 0) is 0 Å². The van der Waals surface area contributed by atoms with Crippen molar-refractivity contribution in [2.75, 3.05) is 0 Å². The third-order valence-electron chi connectivity index (χ3n) is 7.25. The van der Waals surface area contributed by atoms with Crippen LogP contribution in [0.4, 0.5) is 0 Å². The predicted octanol–water partition coefficient (Wildman–Crippen LogP) is 6.55. The molecule has 120 valence electrons. The van der Waals surface area contributed by atoms with Crippen molar-refractivity contribution in [2.24, 2.45) is 29.1 Å². The Morgan fingerprint density at radius 1 is 0.875 bits per heavy atom. The lowest BCUT2D eigenvalue weighted by molar-refractivity contribution is 0.196. The molecular weight excluding hydrogens is 471 g/mol. The molecule has 6 rings (SSSR count). The molecule has 0 aromatic heterocycles. The van der Waals surface area contributed by atoms with E-state index in [1.54, 1.807) is 22.3 Å². The monoisotopic (exact) mass is 488 g/mol. The van der Waals surface area contributed by atoms with Crippen LogP contribution < -0.4 is 0 Å². The molecule has 0 N–H and O–H groups in total. The van der Waals surface area contributed by atoms with E-state index in [2.05, 4.69) is 87.1 Å². The van der Waals surface area contributed by atoms with Crippen molar-refractivity contribution in [3.63, 3.8) is 0 Å². The Kier molecular flexibility index (Phi) is 2.89. The molecule has 2 fully saturated rings. The summed E-state index contributed by atoms with van der Waals surface area (Å²) in [6.07, 6.45) is 23.3. The molecule has 6 aliphatic rings. The molecule has 2 heteroatoms. The van der Waals surface area contributed by atoms with E-state index in [0.717, 1.165) is 0 Å². The molecular formula is C22H18BrI. The van der Waals surface area contributed by atoms with Crippen molar-refractivity contribution in [1.29, 1.82) is 0 Å². The van der Waals surface area contributed by atoms with E-state index in [1.807, 2.05) is 0 Å². The van der Waals surface area contributed by atoms with Gasteiger partial charge in [0.1, 0.15) is 0 Å². The molecule has 0 radical (unpaired) electrons. The summed E-state index contributed by atoms with van der Waals surface area (Å²) in [5.41, 5.74) is 7.05. The molecule has 0 nitrogen and oxygen atoms in total. The number of hydrogen-bond acceptors (Lipinski definition) is 0. The molecule has 24 heavy (non-hydrogen) atoms. The van der Waals surface area contributed by atoms with Crippen molar-refractivity contribution >= 4 is 38.5 Å². The molecule has 0 amide bonds. The molecule has 2 bridgehead atoms. The zero-order valence-electron chi connectivity index (χ0n) is 13.3.